The summed E-state index contributed by atoms with van der Waals surface area (Å²) < 4.78 is 0. The molecule has 2 aromatic carbocycles. The summed E-state index contributed by atoms with van der Waals surface area (Å²) in [5.41, 5.74) is 4.06. The zero-order chi connectivity index (χ0) is 19.9. The van der Waals surface area contributed by atoms with Gasteiger partial charge in [-0.2, -0.15) is 0 Å². The summed E-state index contributed by atoms with van der Waals surface area (Å²) in [4.78, 5) is 28.8. The summed E-state index contributed by atoms with van der Waals surface area (Å²) in [5.74, 6) is -0.329. The van der Waals surface area contributed by atoms with Gasteiger partial charge in [-0.05, 0) is 37.1 Å². The predicted molar refractivity (Wildman–Crippen MR) is 113 cm³/mol. The number of rotatable bonds is 6. The summed E-state index contributed by atoms with van der Waals surface area (Å²) in [6.07, 6.45) is 0. The Labute approximate surface area is 166 Å². The molecule has 1 fully saturated rings. The van der Waals surface area contributed by atoms with Crippen LogP contribution in [0.3, 0.4) is 0 Å². The predicted octanol–water partition coefficient (Wildman–Crippen LogP) is 2.18. The molecule has 1 aliphatic rings. The van der Waals surface area contributed by atoms with Crippen LogP contribution in [0.4, 0.5) is 11.4 Å². The Balaban J connectivity index is 1.40. The Kier molecular flexibility index (Phi) is 6.66. The molecule has 0 spiro atoms. The average molecular weight is 380 g/mol. The van der Waals surface area contributed by atoms with Crippen molar-refractivity contribution in [2.45, 2.75) is 13.8 Å². The molecule has 1 saturated heterocycles. The summed E-state index contributed by atoms with van der Waals surface area (Å²) in [5, 5.41) is 5.61. The number of hydrogen-bond acceptors (Lipinski definition) is 4. The molecule has 6 heteroatoms. The number of nitrogens with one attached hydrogen (secondary N) is 2. The van der Waals surface area contributed by atoms with Gasteiger partial charge in [-0.3, -0.25) is 14.5 Å². The molecule has 0 radical (unpaired) electrons. The van der Waals surface area contributed by atoms with Gasteiger partial charge in [0.05, 0.1) is 13.1 Å². The third-order valence-corrected chi connectivity index (χ3v) is 5.05. The van der Waals surface area contributed by atoms with Crippen LogP contribution in [0, 0.1) is 13.8 Å². The number of para-hydroxylation sites is 2. The van der Waals surface area contributed by atoms with Crippen LogP contribution >= 0.6 is 0 Å². The second-order valence-electron chi connectivity index (χ2n) is 7.19. The number of carbonyl (C=O) groups excluding carboxylic acids is 2. The number of benzene rings is 2. The minimum Gasteiger partial charge on any atom is -0.369 e. The van der Waals surface area contributed by atoms with E-state index in [0.29, 0.717) is 6.54 Å². The molecule has 0 atom stereocenters. The van der Waals surface area contributed by atoms with Gasteiger partial charge in [-0.25, -0.2) is 0 Å². The van der Waals surface area contributed by atoms with Crippen LogP contribution in [0.15, 0.2) is 48.5 Å². The molecule has 3 rings (SSSR count). The number of nitrogens with zero attached hydrogens (tertiary/aromatic N) is 2. The molecule has 28 heavy (non-hydrogen) atoms. The summed E-state index contributed by atoms with van der Waals surface area (Å²) in [6.45, 7) is 7.66. The van der Waals surface area contributed by atoms with Crippen molar-refractivity contribution in [1.29, 1.82) is 0 Å². The van der Waals surface area contributed by atoms with Crippen LogP contribution in [0.2, 0.25) is 0 Å². The maximum absolute atomic E-state index is 12.2. The van der Waals surface area contributed by atoms with Crippen LogP contribution in [-0.4, -0.2) is 56.0 Å². The van der Waals surface area contributed by atoms with E-state index in [-0.39, 0.29) is 18.4 Å². The van der Waals surface area contributed by atoms with Gasteiger partial charge in [0.25, 0.3) is 0 Å². The highest BCUT2D eigenvalue weighted by Gasteiger charge is 2.19. The molecule has 1 heterocycles. The lowest BCUT2D eigenvalue weighted by molar-refractivity contribution is -0.125. The lowest BCUT2D eigenvalue weighted by atomic mass is 10.1. The van der Waals surface area contributed by atoms with Gasteiger partial charge in [-0.15, -0.1) is 0 Å². The molecule has 0 bridgehead atoms. The molecule has 148 valence electrons. The SMILES string of the molecule is Cc1cccc(C)c1NC(=O)CNC(=O)CN1CCN(c2ccccc2)CC1. The van der Waals surface area contributed by atoms with E-state index in [4.69, 9.17) is 0 Å². The highest BCUT2D eigenvalue weighted by molar-refractivity contribution is 5.95. The van der Waals surface area contributed by atoms with Gasteiger partial charge < -0.3 is 15.5 Å². The largest absolute Gasteiger partial charge is 0.369 e. The Morgan fingerprint density at radius 3 is 2.14 bits per heavy atom. The van der Waals surface area contributed by atoms with Crippen LogP contribution in [0.5, 0.6) is 0 Å². The molecular weight excluding hydrogens is 352 g/mol. The monoisotopic (exact) mass is 380 g/mol. The minimum absolute atomic E-state index is 0.0173. The van der Waals surface area contributed by atoms with E-state index in [2.05, 4.69) is 32.6 Å². The number of hydrogen-bond donors (Lipinski definition) is 2. The van der Waals surface area contributed by atoms with Crippen molar-refractivity contribution in [1.82, 2.24) is 10.2 Å². The highest BCUT2D eigenvalue weighted by atomic mass is 16.2. The molecule has 2 N–H and O–H groups in total. The molecule has 2 aromatic rings. The van der Waals surface area contributed by atoms with Gasteiger partial charge in [-0.1, -0.05) is 36.4 Å². The van der Waals surface area contributed by atoms with E-state index in [1.54, 1.807) is 0 Å². The second-order valence-corrected chi connectivity index (χ2v) is 7.19. The van der Waals surface area contributed by atoms with Gasteiger partial charge in [0, 0.05) is 37.6 Å². The smallest absolute Gasteiger partial charge is 0.243 e. The molecule has 6 nitrogen and oxygen atoms in total. The fourth-order valence-corrected chi connectivity index (χ4v) is 3.44. The normalized spacial score (nSPS) is 14.6. The van der Waals surface area contributed by atoms with E-state index in [0.717, 1.165) is 43.0 Å². The fourth-order valence-electron chi connectivity index (χ4n) is 3.44. The third-order valence-electron chi connectivity index (χ3n) is 5.05. The molecule has 1 aliphatic heterocycles. The molecule has 2 amide bonds. The minimum atomic E-state index is -0.209. The van der Waals surface area contributed by atoms with Crippen LogP contribution in [0.25, 0.3) is 0 Å². The van der Waals surface area contributed by atoms with E-state index >= 15 is 0 Å². The van der Waals surface area contributed by atoms with Crippen LogP contribution in [0.1, 0.15) is 11.1 Å². The van der Waals surface area contributed by atoms with E-state index in [9.17, 15) is 9.59 Å². The first-order chi connectivity index (χ1) is 13.5. The van der Waals surface area contributed by atoms with Crippen molar-refractivity contribution in [2.75, 3.05) is 49.5 Å². The zero-order valence-corrected chi connectivity index (χ0v) is 16.6. The number of anilines is 2. The Morgan fingerprint density at radius 1 is 0.857 bits per heavy atom. The molecule has 0 aliphatic carbocycles. The number of aryl methyl sites for hydroxylation is 2. The number of piperazine rings is 1. The topological polar surface area (TPSA) is 64.7 Å². The number of carbonyl (C=O) groups is 2. The first-order valence-electron chi connectivity index (χ1n) is 9.68. The van der Waals surface area contributed by atoms with E-state index < -0.39 is 0 Å². The van der Waals surface area contributed by atoms with Gasteiger partial charge >= 0.3 is 0 Å². The van der Waals surface area contributed by atoms with Gasteiger partial charge in [0.1, 0.15) is 0 Å². The molecular formula is C22H28N4O2. The molecule has 0 unspecified atom stereocenters. The lowest BCUT2D eigenvalue weighted by Crippen LogP contribution is -2.50. The third kappa shape index (κ3) is 5.33. The lowest BCUT2D eigenvalue weighted by Gasteiger charge is -2.35. The van der Waals surface area contributed by atoms with Crippen molar-refractivity contribution in [3.05, 3.63) is 59.7 Å². The van der Waals surface area contributed by atoms with Crippen LogP contribution < -0.4 is 15.5 Å². The fraction of sp³-hybridized carbons (Fsp3) is 0.364. The maximum atomic E-state index is 12.2. The van der Waals surface area contributed by atoms with Crippen molar-refractivity contribution in [3.8, 4) is 0 Å². The van der Waals surface area contributed by atoms with Gasteiger partial charge in [0.15, 0.2) is 0 Å². The zero-order valence-electron chi connectivity index (χ0n) is 16.6. The Bertz CT molecular complexity index is 794. The summed E-state index contributed by atoms with van der Waals surface area (Å²) in [7, 11) is 0. The number of amides is 2. The quantitative estimate of drug-likeness (QED) is 0.806. The van der Waals surface area contributed by atoms with Crippen molar-refractivity contribution >= 4 is 23.2 Å². The van der Waals surface area contributed by atoms with E-state index in [1.165, 1.54) is 5.69 Å². The summed E-state index contributed by atoms with van der Waals surface area (Å²) >= 11 is 0. The first kappa shape index (κ1) is 19.9. The maximum Gasteiger partial charge on any atom is 0.243 e. The van der Waals surface area contributed by atoms with Crippen molar-refractivity contribution in [2.24, 2.45) is 0 Å². The van der Waals surface area contributed by atoms with Crippen molar-refractivity contribution < 1.29 is 9.59 Å². The Morgan fingerprint density at radius 2 is 1.50 bits per heavy atom. The van der Waals surface area contributed by atoms with Crippen LogP contribution in [-0.2, 0) is 9.59 Å². The summed E-state index contributed by atoms with van der Waals surface area (Å²) in [6, 6.07) is 16.2. The highest BCUT2D eigenvalue weighted by Crippen LogP contribution is 2.19. The average Bonchev–Trinajstić information content (AvgIpc) is 2.70. The molecule has 0 aromatic heterocycles. The van der Waals surface area contributed by atoms with E-state index in [1.807, 2.05) is 50.2 Å². The molecule has 0 saturated carbocycles. The van der Waals surface area contributed by atoms with Crippen molar-refractivity contribution in [3.63, 3.8) is 0 Å². The Hall–Kier alpha value is -2.86. The second kappa shape index (κ2) is 9.37. The first-order valence-corrected chi connectivity index (χ1v) is 9.68. The standard InChI is InChI=1S/C22H28N4O2/c1-17-7-6-8-18(2)22(17)24-20(27)15-23-21(28)16-25-11-13-26(14-12-25)19-9-4-3-5-10-19/h3-10H,11-16H2,1-2H3,(H,23,28)(H,24,27). The van der Waals surface area contributed by atoms with Gasteiger partial charge in [0.2, 0.25) is 11.8 Å².